The van der Waals surface area contributed by atoms with E-state index < -0.39 is 0 Å². The fourth-order valence-corrected chi connectivity index (χ4v) is 1.98. The van der Waals surface area contributed by atoms with E-state index >= 15 is 0 Å². The van der Waals surface area contributed by atoms with Crippen molar-refractivity contribution < 1.29 is 9.53 Å². The van der Waals surface area contributed by atoms with Crippen molar-refractivity contribution in [1.82, 2.24) is 9.78 Å². The van der Waals surface area contributed by atoms with Gasteiger partial charge in [0.2, 0.25) is 0 Å². The molecule has 0 radical (unpaired) electrons. The Morgan fingerprint density at radius 3 is 2.85 bits per heavy atom. The highest BCUT2D eigenvalue weighted by atomic mass is 16.5. The van der Waals surface area contributed by atoms with Crippen LogP contribution in [0, 0.1) is 0 Å². The number of rotatable bonds is 5. The number of hydrogen-bond acceptors (Lipinski definition) is 4. The maximum absolute atomic E-state index is 11.9. The molecule has 0 aliphatic rings. The minimum absolute atomic E-state index is 0.0549. The van der Waals surface area contributed by atoms with Crippen LogP contribution in [0.4, 0.5) is 5.69 Å². The highest BCUT2D eigenvalue weighted by molar-refractivity contribution is 5.95. The predicted molar refractivity (Wildman–Crippen MR) is 77.6 cm³/mol. The fourth-order valence-electron chi connectivity index (χ4n) is 1.98. The Kier molecular flexibility index (Phi) is 4.40. The van der Waals surface area contributed by atoms with Gasteiger partial charge in [-0.3, -0.25) is 4.68 Å². The van der Waals surface area contributed by atoms with E-state index in [9.17, 15) is 4.79 Å². The summed E-state index contributed by atoms with van der Waals surface area (Å²) in [5.74, 6) is -0.311. The van der Waals surface area contributed by atoms with Crippen molar-refractivity contribution in [2.45, 2.75) is 19.9 Å². The summed E-state index contributed by atoms with van der Waals surface area (Å²) < 4.78 is 6.82. The maximum atomic E-state index is 11.9. The first kappa shape index (κ1) is 14.1. The van der Waals surface area contributed by atoms with Crippen molar-refractivity contribution >= 4 is 11.7 Å². The quantitative estimate of drug-likeness (QED) is 0.851. The molecule has 2 rings (SSSR count). The highest BCUT2D eigenvalue weighted by Gasteiger charge is 2.14. The van der Waals surface area contributed by atoms with Crippen LogP contribution in [0.25, 0.3) is 0 Å². The molecule has 0 spiro atoms. The number of ether oxygens (including phenoxy) is 1. The zero-order valence-electron chi connectivity index (χ0n) is 12.0. The first-order valence-electron chi connectivity index (χ1n) is 6.63. The second kappa shape index (κ2) is 6.23. The third kappa shape index (κ3) is 3.17. The van der Waals surface area contributed by atoms with Crippen molar-refractivity contribution in [1.29, 1.82) is 0 Å². The molecule has 5 nitrogen and oxygen atoms in total. The van der Waals surface area contributed by atoms with Crippen LogP contribution in [0.3, 0.4) is 0 Å². The van der Waals surface area contributed by atoms with Gasteiger partial charge >= 0.3 is 5.97 Å². The second-order valence-corrected chi connectivity index (χ2v) is 4.58. The molecule has 1 heterocycles. The van der Waals surface area contributed by atoms with Gasteiger partial charge in [0, 0.05) is 24.5 Å². The molecule has 0 aliphatic heterocycles. The molecular weight excluding hydrogens is 254 g/mol. The number of para-hydroxylation sites is 1. The topological polar surface area (TPSA) is 56.1 Å². The van der Waals surface area contributed by atoms with Gasteiger partial charge in [-0.1, -0.05) is 12.1 Å². The third-order valence-corrected chi connectivity index (χ3v) is 3.02. The van der Waals surface area contributed by atoms with E-state index in [0.717, 1.165) is 11.3 Å². The lowest BCUT2D eigenvalue weighted by molar-refractivity contribution is 0.0527. The molecule has 1 unspecified atom stereocenters. The summed E-state index contributed by atoms with van der Waals surface area (Å²) in [6.07, 6.45) is 3.76. The van der Waals surface area contributed by atoms with E-state index in [1.807, 2.05) is 44.6 Å². The largest absolute Gasteiger partial charge is 0.462 e. The predicted octanol–water partition coefficient (Wildman–Crippen LogP) is 2.77. The minimum Gasteiger partial charge on any atom is -0.462 e. The molecule has 0 fully saturated rings. The summed E-state index contributed by atoms with van der Waals surface area (Å²) >= 11 is 0. The van der Waals surface area contributed by atoms with Gasteiger partial charge in [-0.2, -0.15) is 5.10 Å². The number of anilines is 1. The molecular formula is C15H19N3O2. The van der Waals surface area contributed by atoms with Crippen molar-refractivity contribution in [3.8, 4) is 0 Å². The minimum atomic E-state index is -0.311. The van der Waals surface area contributed by atoms with Gasteiger partial charge in [-0.15, -0.1) is 0 Å². The number of hydrogen-bond donors (Lipinski definition) is 1. The van der Waals surface area contributed by atoms with Crippen LogP contribution >= 0.6 is 0 Å². The van der Waals surface area contributed by atoms with Crippen LogP contribution in [0.2, 0.25) is 0 Å². The van der Waals surface area contributed by atoms with Gasteiger partial charge in [0.15, 0.2) is 0 Å². The number of carbonyl (C=O) groups is 1. The van der Waals surface area contributed by atoms with Crippen molar-refractivity contribution in [2.75, 3.05) is 11.9 Å². The normalized spacial score (nSPS) is 11.9. The van der Waals surface area contributed by atoms with Crippen LogP contribution in [0.1, 0.15) is 35.8 Å². The first-order valence-corrected chi connectivity index (χ1v) is 6.63. The van der Waals surface area contributed by atoms with Gasteiger partial charge in [0.05, 0.1) is 24.4 Å². The van der Waals surface area contributed by atoms with Crippen molar-refractivity contribution in [2.24, 2.45) is 7.05 Å². The van der Waals surface area contributed by atoms with Crippen LogP contribution < -0.4 is 5.32 Å². The summed E-state index contributed by atoms with van der Waals surface area (Å²) in [6, 6.07) is 7.40. The van der Waals surface area contributed by atoms with Gasteiger partial charge in [0.1, 0.15) is 0 Å². The molecule has 0 bridgehead atoms. The highest BCUT2D eigenvalue weighted by Crippen LogP contribution is 2.22. The van der Waals surface area contributed by atoms with E-state index in [-0.39, 0.29) is 12.0 Å². The summed E-state index contributed by atoms with van der Waals surface area (Å²) in [7, 11) is 1.88. The second-order valence-electron chi connectivity index (χ2n) is 4.58. The van der Waals surface area contributed by atoms with Gasteiger partial charge in [-0.05, 0) is 26.0 Å². The summed E-state index contributed by atoms with van der Waals surface area (Å²) in [6.45, 7) is 4.19. The molecule has 0 saturated carbocycles. The van der Waals surface area contributed by atoms with Gasteiger partial charge < -0.3 is 10.1 Å². The molecule has 1 atom stereocenters. The van der Waals surface area contributed by atoms with Crippen molar-refractivity contribution in [3.05, 3.63) is 47.8 Å². The number of nitrogens with one attached hydrogen (secondary N) is 1. The van der Waals surface area contributed by atoms with Crippen LogP contribution in [0.5, 0.6) is 0 Å². The summed E-state index contributed by atoms with van der Waals surface area (Å²) in [5.41, 5.74) is 2.37. The first-order chi connectivity index (χ1) is 9.61. The zero-order chi connectivity index (χ0) is 14.5. The fraction of sp³-hybridized carbons (Fsp3) is 0.333. The summed E-state index contributed by atoms with van der Waals surface area (Å²) in [4.78, 5) is 11.9. The Hall–Kier alpha value is -2.30. The maximum Gasteiger partial charge on any atom is 0.340 e. The average molecular weight is 273 g/mol. The smallest absolute Gasteiger partial charge is 0.340 e. The van der Waals surface area contributed by atoms with Crippen molar-refractivity contribution in [3.63, 3.8) is 0 Å². The standard InChI is InChI=1S/C15H19N3O2/c1-4-20-15(19)13-7-5-6-8-14(13)17-11(2)12-9-16-18(3)10-12/h5-11,17H,4H2,1-3H3. The number of benzene rings is 1. The molecule has 0 saturated heterocycles. The van der Waals surface area contributed by atoms with E-state index in [1.54, 1.807) is 17.7 Å². The molecule has 2 aromatic rings. The van der Waals surface area contributed by atoms with Gasteiger partial charge in [0.25, 0.3) is 0 Å². The third-order valence-electron chi connectivity index (χ3n) is 3.02. The Labute approximate surface area is 118 Å². The Morgan fingerprint density at radius 1 is 1.45 bits per heavy atom. The van der Waals surface area contributed by atoms with Crippen LogP contribution in [-0.4, -0.2) is 22.4 Å². The number of aromatic nitrogens is 2. The SMILES string of the molecule is CCOC(=O)c1ccccc1NC(C)c1cnn(C)c1. The molecule has 1 aromatic carbocycles. The average Bonchev–Trinajstić information content (AvgIpc) is 2.86. The van der Waals surface area contributed by atoms with E-state index in [4.69, 9.17) is 4.74 Å². The number of aryl methyl sites for hydroxylation is 1. The number of nitrogens with zero attached hydrogens (tertiary/aromatic N) is 2. The Balaban J connectivity index is 2.18. The van der Waals surface area contributed by atoms with Crippen LogP contribution in [0.15, 0.2) is 36.7 Å². The Bertz CT molecular complexity index is 592. The molecule has 5 heteroatoms. The number of esters is 1. The molecule has 1 aromatic heterocycles. The molecule has 0 aliphatic carbocycles. The zero-order valence-corrected chi connectivity index (χ0v) is 12.0. The van der Waals surface area contributed by atoms with E-state index in [1.165, 1.54) is 0 Å². The molecule has 20 heavy (non-hydrogen) atoms. The monoisotopic (exact) mass is 273 g/mol. The Morgan fingerprint density at radius 2 is 2.20 bits per heavy atom. The molecule has 0 amide bonds. The lowest BCUT2D eigenvalue weighted by atomic mass is 10.1. The van der Waals surface area contributed by atoms with E-state index in [0.29, 0.717) is 12.2 Å². The van der Waals surface area contributed by atoms with Gasteiger partial charge in [-0.25, -0.2) is 4.79 Å². The lowest BCUT2D eigenvalue weighted by Gasteiger charge is -2.16. The lowest BCUT2D eigenvalue weighted by Crippen LogP contribution is -2.12. The number of carbonyl (C=O) groups excluding carboxylic acids is 1. The molecule has 106 valence electrons. The van der Waals surface area contributed by atoms with Crippen LogP contribution in [-0.2, 0) is 11.8 Å². The molecule has 1 N–H and O–H groups in total. The van der Waals surface area contributed by atoms with E-state index in [2.05, 4.69) is 10.4 Å². The summed E-state index contributed by atoms with van der Waals surface area (Å²) in [5, 5.41) is 7.48.